The van der Waals surface area contributed by atoms with Crippen LogP contribution >= 0.6 is 0 Å². The Labute approximate surface area is 124 Å². The van der Waals surface area contributed by atoms with Crippen LogP contribution in [0.3, 0.4) is 0 Å². The maximum atomic E-state index is 12.0. The van der Waals surface area contributed by atoms with Gasteiger partial charge in [-0.2, -0.15) is 0 Å². The zero-order chi connectivity index (χ0) is 15.2. The Morgan fingerprint density at radius 1 is 1.29 bits per heavy atom. The highest BCUT2D eigenvalue weighted by Gasteiger charge is 2.54. The first-order valence-corrected chi connectivity index (χ1v) is 7.20. The summed E-state index contributed by atoms with van der Waals surface area (Å²) in [7, 11) is 0. The van der Waals surface area contributed by atoms with Gasteiger partial charge < -0.3 is 9.64 Å². The van der Waals surface area contributed by atoms with E-state index in [1.54, 1.807) is 11.0 Å². The van der Waals surface area contributed by atoms with Crippen LogP contribution in [0.15, 0.2) is 24.3 Å². The van der Waals surface area contributed by atoms with Crippen LogP contribution in [0.25, 0.3) is 0 Å². The molecule has 5 nitrogen and oxygen atoms in total. The monoisotopic (exact) mass is 288 g/mol. The van der Waals surface area contributed by atoms with E-state index in [2.05, 4.69) is 4.90 Å². The third kappa shape index (κ3) is 2.48. The van der Waals surface area contributed by atoms with Crippen LogP contribution < -0.4 is 4.90 Å². The summed E-state index contributed by atoms with van der Waals surface area (Å²) in [5.74, 6) is 0. The molecule has 2 aliphatic rings. The zero-order valence-corrected chi connectivity index (χ0v) is 12.6. The SMILES string of the molecule is CC(C)(C)OC(=O)N1C[C@@H]2C1CN2c1cccc(C=O)c1. The topological polar surface area (TPSA) is 49.9 Å². The molecular formula is C16H20N2O3. The summed E-state index contributed by atoms with van der Waals surface area (Å²) in [5.41, 5.74) is 1.27. The van der Waals surface area contributed by atoms with Gasteiger partial charge in [0.15, 0.2) is 0 Å². The number of anilines is 1. The van der Waals surface area contributed by atoms with Crippen LogP contribution in [-0.4, -0.2) is 48.1 Å². The quantitative estimate of drug-likeness (QED) is 0.784. The number of fused-ring (bicyclic) bond motifs is 1. The van der Waals surface area contributed by atoms with Crippen molar-refractivity contribution in [1.82, 2.24) is 4.90 Å². The standard InChI is InChI=1S/C16H20N2O3/c1-16(2,3)21-15(20)18-9-13-14(18)8-17(13)12-6-4-5-11(7-12)10-19/h4-7,10,13-14H,8-9H2,1-3H3/t13-,14?/m1/s1. The third-order valence-corrected chi connectivity index (χ3v) is 3.98. The molecular weight excluding hydrogens is 268 g/mol. The number of carbonyl (C=O) groups is 2. The molecule has 112 valence electrons. The van der Waals surface area contributed by atoms with Crippen LogP contribution in [0, 0.1) is 0 Å². The maximum Gasteiger partial charge on any atom is 0.410 e. The molecule has 1 unspecified atom stereocenters. The van der Waals surface area contributed by atoms with Gasteiger partial charge in [0.25, 0.3) is 0 Å². The highest BCUT2D eigenvalue weighted by molar-refractivity contribution is 5.78. The van der Waals surface area contributed by atoms with Gasteiger partial charge in [0, 0.05) is 24.3 Å². The molecule has 0 N–H and O–H groups in total. The Morgan fingerprint density at radius 2 is 2.05 bits per heavy atom. The predicted molar refractivity (Wildman–Crippen MR) is 79.7 cm³/mol. The normalized spacial score (nSPS) is 23.8. The minimum absolute atomic E-state index is 0.231. The largest absolute Gasteiger partial charge is 0.444 e. The van der Waals surface area contributed by atoms with Crippen LogP contribution in [-0.2, 0) is 4.74 Å². The Bertz CT molecular complexity index is 579. The second-order valence-electron chi connectivity index (χ2n) is 6.63. The van der Waals surface area contributed by atoms with E-state index < -0.39 is 5.60 Å². The molecule has 21 heavy (non-hydrogen) atoms. The zero-order valence-electron chi connectivity index (χ0n) is 12.6. The molecule has 0 radical (unpaired) electrons. The van der Waals surface area contributed by atoms with Gasteiger partial charge in [-0.3, -0.25) is 9.69 Å². The van der Waals surface area contributed by atoms with Crippen molar-refractivity contribution < 1.29 is 14.3 Å². The van der Waals surface area contributed by atoms with E-state index in [1.807, 2.05) is 39.0 Å². The lowest BCUT2D eigenvalue weighted by molar-refractivity contribution is -0.0309. The molecule has 0 aliphatic carbocycles. The molecule has 2 heterocycles. The van der Waals surface area contributed by atoms with Gasteiger partial charge in [0.2, 0.25) is 0 Å². The lowest BCUT2D eigenvalue weighted by Gasteiger charge is -2.62. The fourth-order valence-corrected chi connectivity index (χ4v) is 2.86. The minimum Gasteiger partial charge on any atom is -0.444 e. The van der Waals surface area contributed by atoms with Crippen molar-refractivity contribution in [1.29, 1.82) is 0 Å². The molecule has 0 saturated carbocycles. The van der Waals surface area contributed by atoms with Gasteiger partial charge in [-0.15, -0.1) is 0 Å². The Kier molecular flexibility index (Phi) is 3.15. The van der Waals surface area contributed by atoms with Crippen molar-refractivity contribution in [2.45, 2.75) is 38.5 Å². The number of benzene rings is 1. The van der Waals surface area contributed by atoms with E-state index in [4.69, 9.17) is 4.74 Å². The lowest BCUT2D eigenvalue weighted by Crippen LogP contribution is -2.80. The molecule has 2 saturated heterocycles. The summed E-state index contributed by atoms with van der Waals surface area (Å²) in [5, 5.41) is 0. The molecule has 1 amide bonds. The molecule has 3 rings (SSSR count). The minimum atomic E-state index is -0.454. The lowest BCUT2D eigenvalue weighted by atomic mass is 9.85. The highest BCUT2D eigenvalue weighted by atomic mass is 16.6. The van der Waals surface area contributed by atoms with Crippen molar-refractivity contribution in [3.8, 4) is 0 Å². The molecule has 0 spiro atoms. The molecule has 2 atom stereocenters. The van der Waals surface area contributed by atoms with Crippen LogP contribution in [0.5, 0.6) is 0 Å². The predicted octanol–water partition coefficient (Wildman–Crippen LogP) is 2.31. The second-order valence-corrected chi connectivity index (χ2v) is 6.63. The van der Waals surface area contributed by atoms with Gasteiger partial charge in [-0.1, -0.05) is 12.1 Å². The van der Waals surface area contributed by atoms with E-state index in [1.165, 1.54) is 0 Å². The summed E-state index contributed by atoms with van der Waals surface area (Å²) in [6, 6.07) is 8.15. The van der Waals surface area contributed by atoms with Crippen molar-refractivity contribution in [2.75, 3.05) is 18.0 Å². The summed E-state index contributed by atoms with van der Waals surface area (Å²) in [4.78, 5) is 26.9. The number of ether oxygens (including phenoxy) is 1. The highest BCUT2D eigenvalue weighted by Crippen LogP contribution is 2.38. The van der Waals surface area contributed by atoms with Gasteiger partial charge in [0.1, 0.15) is 11.9 Å². The van der Waals surface area contributed by atoms with E-state index in [0.717, 1.165) is 18.5 Å². The number of hydrogen-bond donors (Lipinski definition) is 0. The molecule has 2 fully saturated rings. The average molecular weight is 288 g/mol. The van der Waals surface area contributed by atoms with Crippen LogP contribution in [0.4, 0.5) is 10.5 Å². The van der Waals surface area contributed by atoms with Gasteiger partial charge in [0.05, 0.1) is 12.1 Å². The first kappa shape index (κ1) is 13.9. The average Bonchev–Trinajstić information content (AvgIpc) is 2.39. The fraction of sp³-hybridized carbons (Fsp3) is 0.500. The van der Waals surface area contributed by atoms with Crippen molar-refractivity contribution in [3.05, 3.63) is 29.8 Å². The number of likely N-dealkylation sites (tertiary alicyclic amines) is 1. The Hall–Kier alpha value is -2.04. The number of hydrogen-bond acceptors (Lipinski definition) is 4. The van der Waals surface area contributed by atoms with E-state index in [9.17, 15) is 9.59 Å². The number of carbonyl (C=O) groups excluding carboxylic acids is 2. The van der Waals surface area contributed by atoms with Crippen LogP contribution in [0.2, 0.25) is 0 Å². The van der Waals surface area contributed by atoms with Gasteiger partial charge in [-0.25, -0.2) is 4.79 Å². The summed E-state index contributed by atoms with van der Waals surface area (Å²) in [6.45, 7) is 7.11. The second kappa shape index (κ2) is 4.76. The molecule has 1 aromatic rings. The maximum absolute atomic E-state index is 12.0. The number of nitrogens with zero attached hydrogens (tertiary/aromatic N) is 2. The molecule has 1 aromatic carbocycles. The van der Waals surface area contributed by atoms with Gasteiger partial charge in [-0.05, 0) is 32.9 Å². The van der Waals surface area contributed by atoms with Crippen molar-refractivity contribution >= 4 is 18.1 Å². The molecule has 0 bridgehead atoms. The van der Waals surface area contributed by atoms with Gasteiger partial charge >= 0.3 is 6.09 Å². The van der Waals surface area contributed by atoms with E-state index >= 15 is 0 Å². The fourth-order valence-electron chi connectivity index (χ4n) is 2.86. The Morgan fingerprint density at radius 3 is 2.62 bits per heavy atom. The summed E-state index contributed by atoms with van der Waals surface area (Å²) in [6.07, 6.45) is 0.624. The van der Waals surface area contributed by atoms with Crippen molar-refractivity contribution in [3.63, 3.8) is 0 Å². The Balaban J connectivity index is 1.61. The smallest absolute Gasteiger partial charge is 0.410 e. The van der Waals surface area contributed by atoms with E-state index in [-0.39, 0.29) is 12.1 Å². The third-order valence-electron chi connectivity index (χ3n) is 3.98. The summed E-state index contributed by atoms with van der Waals surface area (Å²) >= 11 is 0. The van der Waals surface area contributed by atoms with Crippen molar-refractivity contribution in [2.24, 2.45) is 0 Å². The molecule has 0 aromatic heterocycles. The van der Waals surface area contributed by atoms with E-state index in [0.29, 0.717) is 18.2 Å². The number of amides is 1. The van der Waals surface area contributed by atoms with Crippen LogP contribution in [0.1, 0.15) is 31.1 Å². The number of piperazine rings is 1. The molecule has 2 aliphatic heterocycles. The number of rotatable bonds is 2. The first-order valence-electron chi connectivity index (χ1n) is 7.20. The number of aldehydes is 1. The first-order chi connectivity index (χ1) is 9.89. The summed E-state index contributed by atoms with van der Waals surface area (Å²) < 4.78 is 5.39. The molecule has 5 heteroatoms.